The Kier molecular flexibility index (Phi) is 4.45. The molecule has 0 aromatic carbocycles. The molecule has 2 rings (SSSR count). The number of hydrogen-bond acceptors (Lipinski definition) is 4. The van der Waals surface area contributed by atoms with Crippen LogP contribution in [0.1, 0.15) is 5.69 Å². The van der Waals surface area contributed by atoms with Gasteiger partial charge in [-0.15, -0.1) is 0 Å². The Morgan fingerprint density at radius 1 is 1.26 bits per heavy atom. The molecule has 0 fully saturated rings. The molecule has 100 valence electrons. The van der Waals surface area contributed by atoms with E-state index in [4.69, 9.17) is 23.2 Å². The van der Waals surface area contributed by atoms with Crippen molar-refractivity contribution in [2.24, 2.45) is 0 Å². The van der Waals surface area contributed by atoms with Gasteiger partial charge in [0.2, 0.25) is 0 Å². The number of pyridine rings is 2. The SMILES string of the molecule is CNc1nc(N(C)Cc2ccccn2)c(Cl)cc1Cl. The molecule has 2 aromatic rings. The van der Waals surface area contributed by atoms with E-state index >= 15 is 0 Å². The van der Waals surface area contributed by atoms with Crippen LogP contribution in [0.15, 0.2) is 30.5 Å². The van der Waals surface area contributed by atoms with Crippen molar-refractivity contribution in [2.75, 3.05) is 24.3 Å². The minimum absolute atomic E-state index is 0.502. The predicted molar refractivity (Wildman–Crippen MR) is 80.1 cm³/mol. The molecular weight excluding hydrogens is 283 g/mol. The van der Waals surface area contributed by atoms with E-state index in [0.29, 0.717) is 28.2 Å². The van der Waals surface area contributed by atoms with Gasteiger partial charge >= 0.3 is 0 Å². The molecule has 2 heterocycles. The normalized spacial score (nSPS) is 10.3. The minimum atomic E-state index is 0.502. The molecule has 19 heavy (non-hydrogen) atoms. The van der Waals surface area contributed by atoms with Crippen LogP contribution >= 0.6 is 23.2 Å². The number of anilines is 2. The van der Waals surface area contributed by atoms with Crippen molar-refractivity contribution >= 4 is 34.8 Å². The van der Waals surface area contributed by atoms with Gasteiger partial charge in [0.15, 0.2) is 0 Å². The molecule has 6 heteroatoms. The summed E-state index contributed by atoms with van der Waals surface area (Å²) in [6.07, 6.45) is 1.76. The van der Waals surface area contributed by atoms with Crippen LogP contribution in [-0.2, 0) is 6.54 Å². The third-order valence-electron chi connectivity index (χ3n) is 2.63. The van der Waals surface area contributed by atoms with E-state index < -0.39 is 0 Å². The third kappa shape index (κ3) is 3.28. The highest BCUT2D eigenvalue weighted by molar-refractivity contribution is 6.37. The summed E-state index contributed by atoms with van der Waals surface area (Å²) in [5, 5.41) is 3.96. The Bertz CT molecular complexity index is 560. The van der Waals surface area contributed by atoms with E-state index in [1.807, 2.05) is 30.1 Å². The lowest BCUT2D eigenvalue weighted by Crippen LogP contribution is -2.19. The standard InChI is InChI=1S/C13H14Cl2N4/c1-16-12-10(14)7-11(15)13(18-12)19(2)8-9-5-3-4-6-17-9/h3-7H,8H2,1-2H3,(H,16,18). The number of nitrogens with zero attached hydrogens (tertiary/aromatic N) is 3. The molecule has 0 saturated carbocycles. The summed E-state index contributed by atoms with van der Waals surface area (Å²) in [6.45, 7) is 0.623. The van der Waals surface area contributed by atoms with Gasteiger partial charge in [0, 0.05) is 20.3 Å². The number of hydrogen-bond donors (Lipinski definition) is 1. The molecule has 0 aliphatic rings. The number of rotatable bonds is 4. The zero-order valence-corrected chi connectivity index (χ0v) is 12.2. The first-order valence-electron chi connectivity index (χ1n) is 5.76. The Hall–Kier alpha value is -1.52. The van der Waals surface area contributed by atoms with E-state index in [2.05, 4.69) is 15.3 Å². The fourth-order valence-corrected chi connectivity index (χ4v) is 2.31. The van der Waals surface area contributed by atoms with Crippen LogP contribution in [-0.4, -0.2) is 24.1 Å². The van der Waals surface area contributed by atoms with Gasteiger partial charge in [-0.1, -0.05) is 29.3 Å². The summed E-state index contributed by atoms with van der Waals surface area (Å²) in [5.41, 5.74) is 0.948. The van der Waals surface area contributed by atoms with Gasteiger partial charge in [-0.2, -0.15) is 0 Å². The van der Waals surface area contributed by atoms with Crippen LogP contribution in [0.3, 0.4) is 0 Å². The van der Waals surface area contributed by atoms with Gasteiger partial charge in [0.1, 0.15) is 11.6 Å². The number of halogens is 2. The van der Waals surface area contributed by atoms with Gasteiger partial charge in [-0.25, -0.2) is 4.98 Å². The van der Waals surface area contributed by atoms with Crippen LogP contribution in [0.5, 0.6) is 0 Å². The van der Waals surface area contributed by atoms with Gasteiger partial charge in [-0.05, 0) is 18.2 Å². The Labute approximate surface area is 122 Å². The molecule has 2 aromatic heterocycles. The number of aromatic nitrogens is 2. The molecule has 0 radical (unpaired) electrons. The van der Waals surface area contributed by atoms with Crippen LogP contribution in [0.4, 0.5) is 11.6 Å². The molecule has 0 amide bonds. The topological polar surface area (TPSA) is 41.1 Å². The highest BCUT2D eigenvalue weighted by atomic mass is 35.5. The Morgan fingerprint density at radius 2 is 2.05 bits per heavy atom. The first-order valence-corrected chi connectivity index (χ1v) is 6.52. The molecule has 0 aliphatic carbocycles. The van der Waals surface area contributed by atoms with Crippen molar-refractivity contribution in [1.29, 1.82) is 0 Å². The molecule has 0 bridgehead atoms. The van der Waals surface area contributed by atoms with Gasteiger partial charge in [-0.3, -0.25) is 4.98 Å². The van der Waals surface area contributed by atoms with Crippen molar-refractivity contribution < 1.29 is 0 Å². The highest BCUT2D eigenvalue weighted by Gasteiger charge is 2.12. The number of nitrogens with one attached hydrogen (secondary N) is 1. The summed E-state index contributed by atoms with van der Waals surface area (Å²) < 4.78 is 0. The average molecular weight is 297 g/mol. The summed E-state index contributed by atoms with van der Waals surface area (Å²) in [7, 11) is 3.68. The highest BCUT2D eigenvalue weighted by Crippen LogP contribution is 2.31. The first-order chi connectivity index (χ1) is 9.11. The molecular formula is C13H14Cl2N4. The molecule has 0 spiro atoms. The monoisotopic (exact) mass is 296 g/mol. The van der Waals surface area contributed by atoms with Crippen LogP contribution < -0.4 is 10.2 Å². The summed E-state index contributed by atoms with van der Waals surface area (Å²) in [4.78, 5) is 10.6. The van der Waals surface area contributed by atoms with Crippen molar-refractivity contribution in [3.05, 3.63) is 46.2 Å². The van der Waals surface area contributed by atoms with Crippen molar-refractivity contribution in [3.63, 3.8) is 0 Å². The third-order valence-corrected chi connectivity index (χ3v) is 3.20. The lowest BCUT2D eigenvalue weighted by molar-refractivity contribution is 0.866. The van der Waals surface area contributed by atoms with Crippen molar-refractivity contribution in [1.82, 2.24) is 9.97 Å². The fourth-order valence-electron chi connectivity index (χ4n) is 1.71. The van der Waals surface area contributed by atoms with Crippen LogP contribution in [0, 0.1) is 0 Å². The molecule has 0 saturated heterocycles. The largest absolute Gasteiger partial charge is 0.372 e. The maximum atomic E-state index is 6.18. The van der Waals surface area contributed by atoms with E-state index in [1.54, 1.807) is 19.3 Å². The second kappa shape index (κ2) is 6.08. The predicted octanol–water partition coefficient (Wildman–Crippen LogP) is 3.46. The molecule has 0 unspecified atom stereocenters. The van der Waals surface area contributed by atoms with Crippen LogP contribution in [0.25, 0.3) is 0 Å². The fraction of sp³-hybridized carbons (Fsp3) is 0.231. The van der Waals surface area contributed by atoms with E-state index in [9.17, 15) is 0 Å². The second-order valence-corrected chi connectivity index (χ2v) is 4.87. The molecule has 0 atom stereocenters. The quantitative estimate of drug-likeness (QED) is 0.938. The maximum absolute atomic E-state index is 6.18. The lowest BCUT2D eigenvalue weighted by atomic mass is 10.3. The molecule has 1 N–H and O–H groups in total. The summed E-state index contributed by atoms with van der Waals surface area (Å²) >= 11 is 12.2. The maximum Gasteiger partial charge on any atom is 0.150 e. The zero-order chi connectivity index (χ0) is 13.8. The first kappa shape index (κ1) is 13.9. The van der Waals surface area contributed by atoms with Crippen molar-refractivity contribution in [3.8, 4) is 0 Å². The Balaban J connectivity index is 2.26. The molecule has 0 aliphatic heterocycles. The zero-order valence-electron chi connectivity index (χ0n) is 10.7. The van der Waals surface area contributed by atoms with E-state index in [1.165, 1.54) is 0 Å². The second-order valence-electron chi connectivity index (χ2n) is 4.05. The minimum Gasteiger partial charge on any atom is -0.372 e. The smallest absolute Gasteiger partial charge is 0.150 e. The van der Waals surface area contributed by atoms with Crippen LogP contribution in [0.2, 0.25) is 10.0 Å². The van der Waals surface area contributed by atoms with Gasteiger partial charge in [0.25, 0.3) is 0 Å². The molecule has 4 nitrogen and oxygen atoms in total. The van der Waals surface area contributed by atoms with Crippen molar-refractivity contribution in [2.45, 2.75) is 6.54 Å². The van der Waals surface area contributed by atoms with Gasteiger partial charge < -0.3 is 10.2 Å². The van der Waals surface area contributed by atoms with E-state index in [-0.39, 0.29) is 0 Å². The van der Waals surface area contributed by atoms with E-state index in [0.717, 1.165) is 5.69 Å². The average Bonchev–Trinajstić information content (AvgIpc) is 2.40. The lowest BCUT2D eigenvalue weighted by Gasteiger charge is -2.20. The summed E-state index contributed by atoms with van der Waals surface area (Å²) in [5.74, 6) is 1.27. The summed E-state index contributed by atoms with van der Waals surface area (Å²) in [6, 6.07) is 7.48. The van der Waals surface area contributed by atoms with Gasteiger partial charge in [0.05, 0.1) is 22.3 Å². The Morgan fingerprint density at radius 3 is 2.68 bits per heavy atom.